The molecule has 8 nitrogen and oxygen atoms in total. The second kappa shape index (κ2) is 10.6. The Labute approximate surface area is 235 Å². The molecule has 0 atom stereocenters. The van der Waals surface area contributed by atoms with Gasteiger partial charge >= 0.3 is 0 Å². The number of amides is 1. The van der Waals surface area contributed by atoms with E-state index in [-0.39, 0.29) is 11.7 Å². The maximum Gasteiger partial charge on any atom is 0.224 e. The Hall–Kier alpha value is -4.92. The fourth-order valence-electron chi connectivity index (χ4n) is 5.80. The molecule has 1 saturated carbocycles. The minimum absolute atomic E-state index is 0.0313. The number of halogens is 1. The van der Waals surface area contributed by atoms with Crippen molar-refractivity contribution in [1.29, 1.82) is 0 Å². The molecule has 3 N–H and O–H groups in total. The van der Waals surface area contributed by atoms with Crippen molar-refractivity contribution in [3.63, 3.8) is 0 Å². The lowest BCUT2D eigenvalue weighted by atomic mass is 9.87. The van der Waals surface area contributed by atoms with E-state index in [2.05, 4.69) is 30.5 Å². The van der Waals surface area contributed by atoms with Crippen LogP contribution in [0.5, 0.6) is 0 Å². The number of nitrogens with zero attached hydrogens (tertiary/aromatic N) is 4. The fourth-order valence-corrected chi connectivity index (χ4v) is 5.80. The molecule has 204 valence electrons. The van der Waals surface area contributed by atoms with Gasteiger partial charge in [0, 0.05) is 29.8 Å². The maximum atomic E-state index is 13.5. The van der Waals surface area contributed by atoms with Crippen molar-refractivity contribution in [2.75, 3.05) is 5.32 Å². The molecular weight excluding hydrogens is 517 g/mol. The summed E-state index contributed by atoms with van der Waals surface area (Å²) in [6, 6.07) is 16.1. The van der Waals surface area contributed by atoms with Crippen molar-refractivity contribution in [3.05, 3.63) is 79.0 Å². The molecule has 5 heterocycles. The van der Waals surface area contributed by atoms with Crippen LogP contribution in [0.1, 0.15) is 38.5 Å². The number of hydrogen-bond acceptors (Lipinski definition) is 5. The summed E-state index contributed by atoms with van der Waals surface area (Å²) < 4.78 is 13.5. The number of pyridine rings is 3. The highest BCUT2D eigenvalue weighted by atomic mass is 19.1. The number of carbonyl (C=O) groups is 1. The summed E-state index contributed by atoms with van der Waals surface area (Å²) in [4.78, 5) is 29.8. The van der Waals surface area contributed by atoms with Crippen LogP contribution in [0.25, 0.3) is 55.8 Å². The van der Waals surface area contributed by atoms with E-state index >= 15 is 0 Å². The summed E-state index contributed by atoms with van der Waals surface area (Å²) in [6.45, 7) is 0. The predicted molar refractivity (Wildman–Crippen MR) is 157 cm³/mol. The Morgan fingerprint density at radius 1 is 0.976 bits per heavy atom. The topological polar surface area (TPSA) is 112 Å². The van der Waals surface area contributed by atoms with Crippen molar-refractivity contribution >= 4 is 33.7 Å². The molecule has 1 aromatic carbocycles. The van der Waals surface area contributed by atoms with Gasteiger partial charge < -0.3 is 10.3 Å². The van der Waals surface area contributed by atoms with Gasteiger partial charge in [-0.1, -0.05) is 31.4 Å². The van der Waals surface area contributed by atoms with Gasteiger partial charge in [0.1, 0.15) is 22.7 Å². The minimum atomic E-state index is -0.277. The van der Waals surface area contributed by atoms with Gasteiger partial charge in [-0.15, -0.1) is 0 Å². The van der Waals surface area contributed by atoms with Crippen LogP contribution in [0.2, 0.25) is 0 Å². The number of aromatic amines is 2. The van der Waals surface area contributed by atoms with Gasteiger partial charge in [-0.05, 0) is 72.4 Å². The Morgan fingerprint density at radius 3 is 2.68 bits per heavy atom. The van der Waals surface area contributed by atoms with Crippen LogP contribution in [0.15, 0.2) is 73.2 Å². The first kappa shape index (κ1) is 25.1. The molecule has 9 heteroatoms. The molecule has 7 rings (SSSR count). The van der Waals surface area contributed by atoms with E-state index in [0.717, 1.165) is 51.8 Å². The van der Waals surface area contributed by atoms with Crippen molar-refractivity contribution in [1.82, 2.24) is 30.1 Å². The number of H-pyrrole nitrogens is 2. The van der Waals surface area contributed by atoms with Gasteiger partial charge in [-0.2, -0.15) is 5.10 Å². The Bertz CT molecular complexity index is 1870. The quantitative estimate of drug-likeness (QED) is 0.204. The molecule has 0 radical (unpaired) electrons. The second-order valence-electron chi connectivity index (χ2n) is 10.7. The number of benzene rings is 1. The monoisotopic (exact) mass is 545 g/mol. The second-order valence-corrected chi connectivity index (χ2v) is 10.7. The van der Waals surface area contributed by atoms with E-state index in [1.165, 1.54) is 31.4 Å². The lowest BCUT2D eigenvalue weighted by Gasteiger charge is -2.20. The van der Waals surface area contributed by atoms with Crippen molar-refractivity contribution < 1.29 is 9.18 Å². The fraction of sp³-hybridized carbons (Fsp3) is 0.219. The lowest BCUT2D eigenvalue weighted by molar-refractivity contribution is -0.117. The van der Waals surface area contributed by atoms with E-state index in [9.17, 15) is 9.18 Å². The Kier molecular flexibility index (Phi) is 6.47. The number of rotatable bonds is 6. The average molecular weight is 546 g/mol. The molecule has 5 aromatic heterocycles. The number of nitrogens with one attached hydrogen (secondary N) is 3. The van der Waals surface area contributed by atoms with Crippen LogP contribution >= 0.6 is 0 Å². The first-order valence-corrected chi connectivity index (χ1v) is 14.0. The van der Waals surface area contributed by atoms with E-state index in [4.69, 9.17) is 4.98 Å². The van der Waals surface area contributed by atoms with Crippen LogP contribution in [-0.4, -0.2) is 36.0 Å². The molecule has 0 aliphatic heterocycles. The van der Waals surface area contributed by atoms with Gasteiger partial charge in [0.25, 0.3) is 0 Å². The summed E-state index contributed by atoms with van der Waals surface area (Å²) in [6.07, 6.45) is 11.6. The molecular formula is C32H28FN7O. The third kappa shape index (κ3) is 5.06. The molecule has 1 fully saturated rings. The number of aromatic nitrogens is 6. The summed E-state index contributed by atoms with van der Waals surface area (Å²) in [5.41, 5.74) is 7.64. The average Bonchev–Trinajstić information content (AvgIpc) is 3.62. The summed E-state index contributed by atoms with van der Waals surface area (Å²) >= 11 is 0. The number of fused-ring (bicyclic) bond motifs is 2. The van der Waals surface area contributed by atoms with E-state index in [0.29, 0.717) is 34.9 Å². The van der Waals surface area contributed by atoms with Crippen LogP contribution in [0.3, 0.4) is 0 Å². The number of anilines is 1. The molecule has 0 spiro atoms. The molecule has 0 unspecified atom stereocenters. The Morgan fingerprint density at radius 2 is 1.83 bits per heavy atom. The van der Waals surface area contributed by atoms with Crippen molar-refractivity contribution in [3.8, 4) is 33.8 Å². The first-order valence-electron chi connectivity index (χ1n) is 14.0. The summed E-state index contributed by atoms with van der Waals surface area (Å²) in [5, 5.41) is 11.6. The Balaban J connectivity index is 1.19. The lowest BCUT2D eigenvalue weighted by Crippen LogP contribution is -2.18. The third-order valence-electron chi connectivity index (χ3n) is 7.87. The smallest absolute Gasteiger partial charge is 0.224 e. The molecule has 41 heavy (non-hydrogen) atoms. The first-order chi connectivity index (χ1) is 20.1. The van der Waals surface area contributed by atoms with Gasteiger partial charge in [0.05, 0.1) is 28.8 Å². The standard InChI is InChI=1S/C32H28FN7O/c33-22-8-6-20(7-9-22)24-12-13-35-32-25(24)16-28(38-32)31-30-27(39-40-31)11-10-26(37-30)21-15-23(18-34-17-21)36-29(41)14-19-4-2-1-3-5-19/h6-13,15-19H,1-5,14H2,(H,35,38)(H,36,41)(H,39,40). The predicted octanol–water partition coefficient (Wildman–Crippen LogP) is 7.28. The minimum Gasteiger partial charge on any atom is -0.338 e. The largest absolute Gasteiger partial charge is 0.338 e. The number of carbonyl (C=O) groups excluding carboxylic acids is 1. The molecule has 1 aliphatic carbocycles. The summed E-state index contributed by atoms with van der Waals surface area (Å²) in [7, 11) is 0. The van der Waals surface area contributed by atoms with Crippen LogP contribution in [-0.2, 0) is 4.79 Å². The zero-order chi connectivity index (χ0) is 27.8. The maximum absolute atomic E-state index is 13.5. The van der Waals surface area contributed by atoms with E-state index in [1.54, 1.807) is 30.7 Å². The zero-order valence-corrected chi connectivity index (χ0v) is 22.3. The molecule has 6 aromatic rings. The zero-order valence-electron chi connectivity index (χ0n) is 22.3. The highest BCUT2D eigenvalue weighted by Gasteiger charge is 2.18. The number of hydrogen-bond donors (Lipinski definition) is 3. The SMILES string of the molecule is O=C(CC1CCCCC1)Nc1cncc(-c2ccc3[nH]nc(-c4cc5c(-c6ccc(F)cc6)ccnc5[nH]4)c3n2)c1. The normalized spacial score (nSPS) is 14.1. The highest BCUT2D eigenvalue weighted by Crippen LogP contribution is 2.34. The molecule has 1 aliphatic rings. The molecule has 0 saturated heterocycles. The van der Waals surface area contributed by atoms with Gasteiger partial charge in [-0.25, -0.2) is 14.4 Å². The van der Waals surface area contributed by atoms with Crippen LogP contribution in [0, 0.1) is 11.7 Å². The molecule has 0 bridgehead atoms. The van der Waals surface area contributed by atoms with Crippen molar-refractivity contribution in [2.24, 2.45) is 5.92 Å². The van der Waals surface area contributed by atoms with Crippen molar-refractivity contribution in [2.45, 2.75) is 38.5 Å². The summed E-state index contributed by atoms with van der Waals surface area (Å²) in [5.74, 6) is 0.222. The van der Waals surface area contributed by atoms with Gasteiger partial charge in [0.15, 0.2) is 0 Å². The van der Waals surface area contributed by atoms with Gasteiger partial charge in [-0.3, -0.25) is 14.9 Å². The third-order valence-corrected chi connectivity index (χ3v) is 7.87. The van der Waals surface area contributed by atoms with E-state index < -0.39 is 0 Å². The van der Waals surface area contributed by atoms with Crippen LogP contribution in [0.4, 0.5) is 10.1 Å². The van der Waals surface area contributed by atoms with E-state index in [1.807, 2.05) is 30.3 Å². The van der Waals surface area contributed by atoms with Crippen LogP contribution < -0.4 is 5.32 Å². The highest BCUT2D eigenvalue weighted by molar-refractivity contribution is 5.99. The molecule has 1 amide bonds. The van der Waals surface area contributed by atoms with Gasteiger partial charge in [0.2, 0.25) is 5.91 Å².